The first kappa shape index (κ1) is 18.5. The van der Waals surface area contributed by atoms with Crippen molar-refractivity contribution >= 4 is 10.0 Å². The maximum absolute atomic E-state index is 12.9. The number of ether oxygens (including phenoxy) is 1. The zero-order valence-corrected chi connectivity index (χ0v) is 15.7. The van der Waals surface area contributed by atoms with Gasteiger partial charge in [-0.25, -0.2) is 13.1 Å². The van der Waals surface area contributed by atoms with Crippen LogP contribution in [0.2, 0.25) is 0 Å². The molecule has 0 aliphatic heterocycles. The van der Waals surface area contributed by atoms with Gasteiger partial charge in [-0.2, -0.15) is 0 Å². The minimum atomic E-state index is -3.62. The Morgan fingerprint density at radius 1 is 1.00 bits per heavy atom. The second-order valence-corrected chi connectivity index (χ2v) is 8.32. The Bertz CT molecular complexity index is 812. The number of methoxy groups -OCH3 is 1. The largest absolute Gasteiger partial charge is 0.496 e. The van der Waals surface area contributed by atoms with Gasteiger partial charge in [0.25, 0.3) is 0 Å². The maximum atomic E-state index is 12.9. The highest BCUT2D eigenvalue weighted by atomic mass is 32.2. The summed E-state index contributed by atoms with van der Waals surface area (Å²) in [6.07, 6.45) is 0.612. The van der Waals surface area contributed by atoms with Gasteiger partial charge in [-0.1, -0.05) is 30.3 Å². The molecule has 0 radical (unpaired) electrons. The molecule has 0 aromatic heterocycles. The summed E-state index contributed by atoms with van der Waals surface area (Å²) in [4.78, 5) is 0.293. The summed E-state index contributed by atoms with van der Waals surface area (Å²) in [6, 6.07) is 13.2. The van der Waals surface area contributed by atoms with E-state index in [4.69, 9.17) is 4.74 Å². The van der Waals surface area contributed by atoms with E-state index in [9.17, 15) is 8.42 Å². The predicted molar refractivity (Wildman–Crippen MR) is 97.0 cm³/mol. The van der Waals surface area contributed by atoms with Crippen LogP contribution in [0.1, 0.15) is 30.5 Å². The minimum absolute atomic E-state index is 0.293. The lowest BCUT2D eigenvalue weighted by Crippen LogP contribution is -2.45. The molecular formula is C19H25NO3S. The first-order valence-corrected chi connectivity index (χ1v) is 9.37. The van der Waals surface area contributed by atoms with Crippen LogP contribution < -0.4 is 9.46 Å². The normalized spacial score (nSPS) is 12.2. The lowest BCUT2D eigenvalue weighted by atomic mass is 9.96. The van der Waals surface area contributed by atoms with Crippen molar-refractivity contribution in [1.82, 2.24) is 4.72 Å². The van der Waals surface area contributed by atoms with Crippen LogP contribution in [0, 0.1) is 13.8 Å². The van der Waals surface area contributed by atoms with Gasteiger partial charge in [-0.05, 0) is 62.9 Å². The fourth-order valence-electron chi connectivity index (χ4n) is 2.84. The quantitative estimate of drug-likeness (QED) is 0.868. The Morgan fingerprint density at radius 2 is 1.62 bits per heavy atom. The van der Waals surface area contributed by atoms with Crippen LogP contribution >= 0.6 is 0 Å². The molecule has 2 rings (SSSR count). The van der Waals surface area contributed by atoms with E-state index in [1.165, 1.54) is 0 Å². The molecular weight excluding hydrogens is 322 g/mol. The zero-order valence-electron chi connectivity index (χ0n) is 14.9. The molecule has 2 aromatic rings. The molecule has 0 amide bonds. The zero-order chi connectivity index (χ0) is 18.0. The van der Waals surface area contributed by atoms with Crippen LogP contribution in [0.3, 0.4) is 0 Å². The number of sulfonamides is 1. The van der Waals surface area contributed by atoms with E-state index in [0.717, 1.165) is 11.1 Å². The molecule has 0 atom stereocenters. The molecule has 4 nitrogen and oxygen atoms in total. The molecule has 0 bridgehead atoms. The smallest absolute Gasteiger partial charge is 0.241 e. The number of benzene rings is 2. The van der Waals surface area contributed by atoms with Crippen molar-refractivity contribution in [2.45, 2.75) is 44.6 Å². The van der Waals surface area contributed by atoms with Gasteiger partial charge in [0.2, 0.25) is 10.0 Å². The molecule has 0 fully saturated rings. The van der Waals surface area contributed by atoms with Crippen molar-refractivity contribution in [3.05, 3.63) is 59.2 Å². The van der Waals surface area contributed by atoms with Crippen molar-refractivity contribution in [1.29, 1.82) is 0 Å². The number of nitrogens with one attached hydrogen (secondary N) is 1. The van der Waals surface area contributed by atoms with Gasteiger partial charge in [0.05, 0.1) is 12.0 Å². The Balaban J connectivity index is 2.29. The van der Waals surface area contributed by atoms with Crippen molar-refractivity contribution in [2.75, 3.05) is 7.11 Å². The molecule has 0 aliphatic carbocycles. The predicted octanol–water partition coefficient (Wildman–Crippen LogP) is 3.61. The first-order valence-electron chi connectivity index (χ1n) is 7.88. The summed E-state index contributed by atoms with van der Waals surface area (Å²) < 4.78 is 33.8. The van der Waals surface area contributed by atoms with Crippen LogP contribution in [-0.4, -0.2) is 21.1 Å². The Morgan fingerprint density at radius 3 is 2.21 bits per heavy atom. The molecule has 2 aromatic carbocycles. The minimum Gasteiger partial charge on any atom is -0.496 e. The topological polar surface area (TPSA) is 55.4 Å². The maximum Gasteiger partial charge on any atom is 0.241 e. The lowest BCUT2D eigenvalue weighted by Gasteiger charge is -2.27. The van der Waals surface area contributed by atoms with Crippen molar-refractivity contribution in [3.8, 4) is 5.75 Å². The third-order valence-electron chi connectivity index (χ3n) is 4.10. The standard InChI is InChI=1S/C19H25NO3S/c1-14-15(2)18(12-11-17(14)23-5)24(21,22)20-19(3,4)13-16-9-7-6-8-10-16/h6-12,20H,13H2,1-5H3. The van der Waals surface area contributed by atoms with Gasteiger partial charge in [0, 0.05) is 5.54 Å². The third kappa shape index (κ3) is 4.16. The van der Waals surface area contributed by atoms with Crippen LogP contribution in [0.25, 0.3) is 0 Å². The van der Waals surface area contributed by atoms with E-state index in [1.807, 2.05) is 51.1 Å². The number of hydrogen-bond acceptors (Lipinski definition) is 3. The molecule has 0 unspecified atom stereocenters. The molecule has 0 heterocycles. The second kappa shape index (κ2) is 6.95. The summed E-state index contributed by atoms with van der Waals surface area (Å²) in [7, 11) is -2.04. The van der Waals surface area contributed by atoms with E-state index in [2.05, 4.69) is 4.72 Å². The third-order valence-corrected chi connectivity index (χ3v) is 5.94. The molecule has 0 saturated carbocycles. The molecule has 24 heavy (non-hydrogen) atoms. The number of rotatable bonds is 6. The van der Waals surface area contributed by atoms with E-state index in [0.29, 0.717) is 22.6 Å². The van der Waals surface area contributed by atoms with Crippen molar-refractivity contribution in [2.24, 2.45) is 0 Å². The monoisotopic (exact) mass is 347 g/mol. The van der Waals surface area contributed by atoms with E-state index >= 15 is 0 Å². The first-order chi connectivity index (χ1) is 11.2. The number of hydrogen-bond donors (Lipinski definition) is 1. The van der Waals surface area contributed by atoms with Crippen LogP contribution in [0.5, 0.6) is 5.75 Å². The van der Waals surface area contributed by atoms with Gasteiger partial charge in [0.15, 0.2) is 0 Å². The second-order valence-electron chi connectivity index (χ2n) is 6.67. The van der Waals surface area contributed by atoms with Crippen LogP contribution in [0.4, 0.5) is 0 Å². The van der Waals surface area contributed by atoms with Gasteiger partial charge in [-0.3, -0.25) is 0 Å². The lowest BCUT2D eigenvalue weighted by molar-refractivity contribution is 0.410. The Labute approximate surface area is 144 Å². The fourth-order valence-corrected chi connectivity index (χ4v) is 4.56. The average Bonchev–Trinajstić information content (AvgIpc) is 2.49. The molecule has 0 spiro atoms. The van der Waals surface area contributed by atoms with E-state index in [-0.39, 0.29) is 0 Å². The molecule has 1 N–H and O–H groups in total. The van der Waals surface area contributed by atoms with Gasteiger partial charge in [-0.15, -0.1) is 0 Å². The SMILES string of the molecule is COc1ccc(S(=O)(=O)NC(C)(C)Cc2ccccc2)c(C)c1C. The van der Waals surface area contributed by atoms with E-state index < -0.39 is 15.6 Å². The highest BCUT2D eigenvalue weighted by Gasteiger charge is 2.28. The summed E-state index contributed by atoms with van der Waals surface area (Å²) in [5.74, 6) is 0.690. The van der Waals surface area contributed by atoms with Crippen LogP contribution in [0.15, 0.2) is 47.4 Å². The summed E-state index contributed by atoms with van der Waals surface area (Å²) in [5, 5.41) is 0. The molecule has 0 aliphatic rings. The molecule has 130 valence electrons. The van der Waals surface area contributed by atoms with Gasteiger partial charge in [0.1, 0.15) is 5.75 Å². The average molecular weight is 347 g/mol. The highest BCUT2D eigenvalue weighted by molar-refractivity contribution is 7.89. The Hall–Kier alpha value is -1.85. The van der Waals surface area contributed by atoms with Gasteiger partial charge >= 0.3 is 0 Å². The molecule has 0 saturated heterocycles. The van der Waals surface area contributed by atoms with Gasteiger partial charge < -0.3 is 4.74 Å². The summed E-state index contributed by atoms with van der Waals surface area (Å²) in [6.45, 7) is 7.45. The molecule has 5 heteroatoms. The van der Waals surface area contributed by atoms with Crippen molar-refractivity contribution in [3.63, 3.8) is 0 Å². The van der Waals surface area contributed by atoms with E-state index in [1.54, 1.807) is 26.2 Å². The van der Waals surface area contributed by atoms with Crippen LogP contribution in [-0.2, 0) is 16.4 Å². The van der Waals surface area contributed by atoms with Crippen molar-refractivity contribution < 1.29 is 13.2 Å². The summed E-state index contributed by atoms with van der Waals surface area (Å²) in [5.41, 5.74) is 2.03. The highest BCUT2D eigenvalue weighted by Crippen LogP contribution is 2.27. The fraction of sp³-hybridized carbons (Fsp3) is 0.368. The Kier molecular flexibility index (Phi) is 5.35. The summed E-state index contributed by atoms with van der Waals surface area (Å²) >= 11 is 0.